The summed E-state index contributed by atoms with van der Waals surface area (Å²) in [4.78, 5) is 38.0. The molecular weight excluding hydrogens is 256 g/mol. The van der Waals surface area contributed by atoms with Crippen molar-refractivity contribution in [3.8, 4) is 0 Å². The van der Waals surface area contributed by atoms with Gasteiger partial charge in [0.15, 0.2) is 11.6 Å². The van der Waals surface area contributed by atoms with Gasteiger partial charge in [-0.1, -0.05) is 24.3 Å². The Morgan fingerprint density at radius 2 is 1.25 bits per heavy atom. The highest BCUT2D eigenvalue weighted by Gasteiger charge is 2.21. The van der Waals surface area contributed by atoms with Gasteiger partial charge in [0.05, 0.1) is 0 Å². The number of hydrogen-bond acceptors (Lipinski definition) is 4. The molecule has 0 fully saturated rings. The van der Waals surface area contributed by atoms with E-state index >= 15 is 0 Å². The standard InChI is InChI=1S/C14H10N4O2/c19-11(13-15-5-6-16-13)9-3-1-2-4-10(9)12(20)14-17-7-8-18-14/h1-8H,(H,15,16)(H,17,18). The lowest BCUT2D eigenvalue weighted by Gasteiger charge is -2.05. The van der Waals surface area contributed by atoms with Crippen LogP contribution in [-0.4, -0.2) is 31.5 Å². The van der Waals surface area contributed by atoms with Gasteiger partial charge in [0.1, 0.15) is 0 Å². The zero-order chi connectivity index (χ0) is 13.9. The molecule has 0 saturated carbocycles. The fraction of sp³-hybridized carbons (Fsp3) is 0. The number of aromatic nitrogens is 4. The molecule has 0 bridgehead atoms. The van der Waals surface area contributed by atoms with Gasteiger partial charge >= 0.3 is 0 Å². The minimum absolute atomic E-state index is 0.199. The molecule has 3 aromatic rings. The van der Waals surface area contributed by atoms with E-state index in [0.29, 0.717) is 11.1 Å². The summed E-state index contributed by atoms with van der Waals surface area (Å²) < 4.78 is 0. The minimum atomic E-state index is -0.328. The van der Waals surface area contributed by atoms with Gasteiger partial charge in [0, 0.05) is 35.9 Å². The molecular formula is C14H10N4O2. The summed E-state index contributed by atoms with van der Waals surface area (Å²) in [6.45, 7) is 0. The van der Waals surface area contributed by atoms with Crippen molar-refractivity contribution in [2.24, 2.45) is 0 Å². The van der Waals surface area contributed by atoms with E-state index in [-0.39, 0.29) is 23.2 Å². The summed E-state index contributed by atoms with van der Waals surface area (Å²) in [6.07, 6.45) is 6.10. The second-order valence-corrected chi connectivity index (χ2v) is 4.08. The lowest BCUT2D eigenvalue weighted by atomic mass is 9.99. The van der Waals surface area contributed by atoms with E-state index in [1.807, 2.05) is 0 Å². The SMILES string of the molecule is O=C(c1ncc[nH]1)c1ccccc1C(=O)c1ncc[nH]1. The fourth-order valence-electron chi connectivity index (χ4n) is 1.91. The predicted octanol–water partition coefficient (Wildman–Crippen LogP) is 1.59. The highest BCUT2D eigenvalue weighted by atomic mass is 16.1. The summed E-state index contributed by atoms with van der Waals surface area (Å²) in [7, 11) is 0. The van der Waals surface area contributed by atoms with Crippen LogP contribution in [0.2, 0.25) is 0 Å². The van der Waals surface area contributed by atoms with Crippen LogP contribution in [0.15, 0.2) is 49.1 Å². The topological polar surface area (TPSA) is 91.5 Å². The molecule has 98 valence electrons. The molecule has 0 radical (unpaired) electrons. The van der Waals surface area contributed by atoms with Crippen LogP contribution in [0.3, 0.4) is 0 Å². The van der Waals surface area contributed by atoms with Gasteiger partial charge in [-0.25, -0.2) is 9.97 Å². The van der Waals surface area contributed by atoms with Gasteiger partial charge in [-0.15, -0.1) is 0 Å². The average Bonchev–Trinajstić information content (AvgIpc) is 3.18. The average molecular weight is 266 g/mol. The number of carbonyl (C=O) groups is 2. The molecule has 0 spiro atoms. The Labute approximate surface area is 113 Å². The maximum atomic E-state index is 12.3. The Kier molecular flexibility index (Phi) is 2.96. The van der Waals surface area contributed by atoms with E-state index in [1.165, 1.54) is 12.4 Å². The molecule has 2 heterocycles. The molecule has 3 rings (SSSR count). The second kappa shape index (κ2) is 4.93. The van der Waals surface area contributed by atoms with Crippen molar-refractivity contribution in [1.29, 1.82) is 0 Å². The minimum Gasteiger partial charge on any atom is -0.342 e. The van der Waals surface area contributed by atoms with Crippen molar-refractivity contribution in [2.45, 2.75) is 0 Å². The normalized spacial score (nSPS) is 10.4. The maximum absolute atomic E-state index is 12.3. The molecule has 0 saturated heterocycles. The molecule has 0 aliphatic rings. The van der Waals surface area contributed by atoms with Crippen molar-refractivity contribution in [2.75, 3.05) is 0 Å². The van der Waals surface area contributed by atoms with Gasteiger partial charge < -0.3 is 9.97 Å². The molecule has 2 N–H and O–H groups in total. The molecule has 6 nitrogen and oxygen atoms in total. The van der Waals surface area contributed by atoms with E-state index < -0.39 is 0 Å². The molecule has 0 atom stereocenters. The van der Waals surface area contributed by atoms with E-state index in [2.05, 4.69) is 19.9 Å². The van der Waals surface area contributed by atoms with Crippen molar-refractivity contribution in [3.05, 3.63) is 71.8 Å². The quantitative estimate of drug-likeness (QED) is 0.701. The first-order chi connectivity index (χ1) is 9.77. The third-order valence-corrected chi connectivity index (χ3v) is 2.84. The molecule has 0 amide bonds. The second-order valence-electron chi connectivity index (χ2n) is 4.08. The van der Waals surface area contributed by atoms with E-state index in [0.717, 1.165) is 0 Å². The number of carbonyl (C=O) groups excluding carboxylic acids is 2. The van der Waals surface area contributed by atoms with Crippen molar-refractivity contribution < 1.29 is 9.59 Å². The number of benzene rings is 1. The summed E-state index contributed by atoms with van der Waals surface area (Å²) in [5.74, 6) is -0.259. The van der Waals surface area contributed by atoms with E-state index in [9.17, 15) is 9.59 Å². The van der Waals surface area contributed by atoms with Crippen LogP contribution in [0.5, 0.6) is 0 Å². The Bertz CT molecular complexity index is 680. The Balaban J connectivity index is 2.05. The largest absolute Gasteiger partial charge is 0.342 e. The van der Waals surface area contributed by atoms with Crippen LogP contribution in [0.25, 0.3) is 0 Å². The first kappa shape index (κ1) is 12.0. The smallest absolute Gasteiger partial charge is 0.228 e. The van der Waals surface area contributed by atoms with Gasteiger partial charge in [-0.3, -0.25) is 9.59 Å². The summed E-state index contributed by atoms with van der Waals surface area (Å²) >= 11 is 0. The number of imidazole rings is 2. The number of rotatable bonds is 4. The summed E-state index contributed by atoms with van der Waals surface area (Å²) in [5, 5.41) is 0. The molecule has 0 unspecified atom stereocenters. The molecule has 6 heteroatoms. The van der Waals surface area contributed by atoms with Crippen LogP contribution < -0.4 is 0 Å². The van der Waals surface area contributed by atoms with Gasteiger partial charge in [0.25, 0.3) is 0 Å². The zero-order valence-electron chi connectivity index (χ0n) is 10.3. The third-order valence-electron chi connectivity index (χ3n) is 2.84. The van der Waals surface area contributed by atoms with Crippen LogP contribution in [-0.2, 0) is 0 Å². The highest BCUT2D eigenvalue weighted by Crippen LogP contribution is 2.15. The Morgan fingerprint density at radius 3 is 1.60 bits per heavy atom. The third kappa shape index (κ3) is 2.03. The van der Waals surface area contributed by atoms with Crippen LogP contribution in [0.1, 0.15) is 32.4 Å². The summed E-state index contributed by atoms with van der Waals surface area (Å²) in [6, 6.07) is 6.60. The number of hydrogen-bond donors (Lipinski definition) is 2. The Hall–Kier alpha value is -3.02. The maximum Gasteiger partial charge on any atom is 0.228 e. The van der Waals surface area contributed by atoms with Crippen molar-refractivity contribution in [3.63, 3.8) is 0 Å². The van der Waals surface area contributed by atoms with Crippen LogP contribution in [0, 0.1) is 0 Å². The van der Waals surface area contributed by atoms with Gasteiger partial charge in [-0.05, 0) is 0 Å². The first-order valence-corrected chi connectivity index (χ1v) is 5.94. The van der Waals surface area contributed by atoms with E-state index in [1.54, 1.807) is 36.7 Å². The molecule has 2 aromatic heterocycles. The Morgan fingerprint density at radius 1 is 0.800 bits per heavy atom. The molecule has 20 heavy (non-hydrogen) atoms. The number of nitrogens with one attached hydrogen (secondary N) is 2. The number of aromatic amines is 2. The van der Waals surface area contributed by atoms with Gasteiger partial charge in [0.2, 0.25) is 11.6 Å². The first-order valence-electron chi connectivity index (χ1n) is 5.94. The molecule has 1 aromatic carbocycles. The number of nitrogens with zero attached hydrogens (tertiary/aromatic N) is 2. The number of H-pyrrole nitrogens is 2. The summed E-state index contributed by atoms with van der Waals surface area (Å²) in [5.41, 5.74) is 0.590. The van der Waals surface area contributed by atoms with Gasteiger partial charge in [-0.2, -0.15) is 0 Å². The van der Waals surface area contributed by atoms with E-state index in [4.69, 9.17) is 0 Å². The zero-order valence-corrected chi connectivity index (χ0v) is 10.3. The van der Waals surface area contributed by atoms with Crippen molar-refractivity contribution >= 4 is 11.6 Å². The monoisotopic (exact) mass is 266 g/mol. The van der Waals surface area contributed by atoms with Crippen LogP contribution >= 0.6 is 0 Å². The lowest BCUT2D eigenvalue weighted by molar-refractivity contribution is 0.0994. The molecule has 0 aliphatic carbocycles. The molecule has 0 aliphatic heterocycles. The van der Waals surface area contributed by atoms with Crippen molar-refractivity contribution in [1.82, 2.24) is 19.9 Å². The van der Waals surface area contributed by atoms with Crippen LogP contribution in [0.4, 0.5) is 0 Å². The predicted molar refractivity (Wildman–Crippen MR) is 70.5 cm³/mol. The lowest BCUT2D eigenvalue weighted by Crippen LogP contribution is -2.13. The number of ketones is 2. The highest BCUT2D eigenvalue weighted by molar-refractivity contribution is 6.17. The fourth-order valence-corrected chi connectivity index (χ4v) is 1.91.